The van der Waals surface area contributed by atoms with Crippen LogP contribution in [0, 0.1) is 13.2 Å². The lowest BCUT2D eigenvalue weighted by Gasteiger charge is -2.02. The molecule has 0 aromatic rings. The summed E-state index contributed by atoms with van der Waals surface area (Å²) in [5.74, 6) is -0.644. The van der Waals surface area contributed by atoms with Crippen LogP contribution >= 0.6 is 0 Å². The molecule has 15 heavy (non-hydrogen) atoms. The van der Waals surface area contributed by atoms with E-state index in [0.717, 1.165) is 13.2 Å². The van der Waals surface area contributed by atoms with Gasteiger partial charge in [-0.1, -0.05) is 0 Å². The number of rotatable bonds is 10. The van der Waals surface area contributed by atoms with Crippen LogP contribution in [0.5, 0.6) is 0 Å². The molecule has 2 radical (unpaired) electrons. The standard InChI is InChI=1S/C10H16O5/c1-3-13-5-9(11)7-15-8-10(12)6-14-4-2/h7-8H,3-6H2,1-2H3. The minimum Gasteiger partial charge on any atom is -0.374 e. The van der Waals surface area contributed by atoms with E-state index >= 15 is 0 Å². The Morgan fingerprint density at radius 1 is 0.933 bits per heavy atom. The second kappa shape index (κ2) is 9.76. The third-order valence-electron chi connectivity index (χ3n) is 1.30. The Morgan fingerprint density at radius 2 is 1.33 bits per heavy atom. The van der Waals surface area contributed by atoms with Crippen molar-refractivity contribution in [2.75, 3.05) is 26.4 Å². The van der Waals surface area contributed by atoms with Crippen LogP contribution < -0.4 is 0 Å². The molecule has 0 aromatic carbocycles. The quantitative estimate of drug-likeness (QED) is 0.533. The fraction of sp³-hybridized carbons (Fsp3) is 0.600. The van der Waals surface area contributed by atoms with Gasteiger partial charge in [-0.3, -0.25) is 9.59 Å². The maximum absolute atomic E-state index is 10.9. The molecule has 0 saturated carbocycles. The normalized spacial score (nSPS) is 10.3. The molecular weight excluding hydrogens is 200 g/mol. The zero-order valence-electron chi connectivity index (χ0n) is 9.02. The summed E-state index contributed by atoms with van der Waals surface area (Å²) in [7, 11) is 0. The summed E-state index contributed by atoms with van der Waals surface area (Å²) in [6.45, 7) is 6.31. The first kappa shape index (κ1) is 14.2. The number of Topliss-reactive ketones (excluding diaryl/α,β-unsaturated/α-hetero) is 2. The number of hydrogen-bond acceptors (Lipinski definition) is 5. The number of ketones is 2. The predicted molar refractivity (Wildman–Crippen MR) is 52.7 cm³/mol. The second-order valence-corrected chi connectivity index (χ2v) is 2.58. The van der Waals surface area contributed by atoms with Crippen LogP contribution in [0.2, 0.25) is 0 Å². The van der Waals surface area contributed by atoms with E-state index in [9.17, 15) is 9.59 Å². The minimum absolute atomic E-state index is 0.0377. The largest absolute Gasteiger partial charge is 0.374 e. The highest BCUT2D eigenvalue weighted by atomic mass is 16.5. The molecule has 0 atom stereocenters. The van der Waals surface area contributed by atoms with Gasteiger partial charge < -0.3 is 14.2 Å². The molecule has 5 nitrogen and oxygen atoms in total. The third kappa shape index (κ3) is 9.52. The van der Waals surface area contributed by atoms with Gasteiger partial charge in [0, 0.05) is 13.2 Å². The van der Waals surface area contributed by atoms with E-state index in [0.29, 0.717) is 13.2 Å². The molecule has 0 aliphatic rings. The van der Waals surface area contributed by atoms with Gasteiger partial charge in [-0.2, -0.15) is 0 Å². The summed E-state index contributed by atoms with van der Waals surface area (Å²) in [5, 5.41) is 0. The van der Waals surface area contributed by atoms with Gasteiger partial charge in [0.2, 0.25) is 0 Å². The number of hydrogen-bond donors (Lipinski definition) is 0. The van der Waals surface area contributed by atoms with Crippen LogP contribution in [0.4, 0.5) is 0 Å². The van der Waals surface area contributed by atoms with Crippen LogP contribution in [0.15, 0.2) is 0 Å². The van der Waals surface area contributed by atoms with Gasteiger partial charge in [0.25, 0.3) is 0 Å². The lowest BCUT2D eigenvalue weighted by molar-refractivity contribution is -0.126. The average molecular weight is 216 g/mol. The lowest BCUT2D eigenvalue weighted by atomic mass is 10.4. The molecule has 5 heteroatoms. The molecular formula is C10H16O5. The smallest absolute Gasteiger partial charge is 0.190 e. The molecule has 0 heterocycles. The van der Waals surface area contributed by atoms with Gasteiger partial charge in [-0.05, 0) is 13.8 Å². The summed E-state index contributed by atoms with van der Waals surface area (Å²) in [6, 6.07) is 0. The van der Waals surface area contributed by atoms with Gasteiger partial charge >= 0.3 is 0 Å². The Hall–Kier alpha value is -0.780. The average Bonchev–Trinajstić information content (AvgIpc) is 2.23. The summed E-state index contributed by atoms with van der Waals surface area (Å²) < 4.78 is 14.3. The van der Waals surface area contributed by atoms with Crippen molar-refractivity contribution >= 4 is 11.6 Å². The van der Waals surface area contributed by atoms with Gasteiger partial charge in [0.05, 0.1) is 0 Å². The van der Waals surface area contributed by atoms with E-state index in [-0.39, 0.29) is 24.8 Å². The van der Waals surface area contributed by atoms with E-state index in [1.54, 1.807) is 13.8 Å². The van der Waals surface area contributed by atoms with Crippen LogP contribution in [0.25, 0.3) is 0 Å². The highest BCUT2D eigenvalue weighted by molar-refractivity contribution is 5.89. The van der Waals surface area contributed by atoms with Gasteiger partial charge in [-0.25, -0.2) is 0 Å². The Kier molecular flexibility index (Phi) is 9.26. The van der Waals surface area contributed by atoms with Crippen molar-refractivity contribution in [2.45, 2.75) is 13.8 Å². The number of ether oxygens (including phenoxy) is 3. The van der Waals surface area contributed by atoms with E-state index in [2.05, 4.69) is 4.74 Å². The molecule has 0 rings (SSSR count). The predicted octanol–water partition coefficient (Wildman–Crippen LogP) is 0.538. The van der Waals surface area contributed by atoms with Crippen molar-refractivity contribution in [1.29, 1.82) is 0 Å². The van der Waals surface area contributed by atoms with Crippen molar-refractivity contribution < 1.29 is 23.8 Å². The van der Waals surface area contributed by atoms with Crippen LogP contribution in [-0.4, -0.2) is 38.0 Å². The molecule has 0 aromatic heterocycles. The van der Waals surface area contributed by atoms with E-state index in [1.165, 1.54) is 0 Å². The summed E-state index contributed by atoms with van der Waals surface area (Å²) >= 11 is 0. The van der Waals surface area contributed by atoms with E-state index < -0.39 is 0 Å². The molecule has 0 N–H and O–H groups in total. The zero-order chi connectivity index (χ0) is 11.5. The van der Waals surface area contributed by atoms with Crippen molar-refractivity contribution in [1.82, 2.24) is 0 Å². The third-order valence-corrected chi connectivity index (χ3v) is 1.30. The minimum atomic E-state index is -0.322. The monoisotopic (exact) mass is 216 g/mol. The number of carbonyl (C=O) groups excluding carboxylic acids is 2. The van der Waals surface area contributed by atoms with Gasteiger partial charge in [0.15, 0.2) is 24.8 Å². The summed E-state index contributed by atoms with van der Waals surface area (Å²) in [4.78, 5) is 21.9. The van der Waals surface area contributed by atoms with Crippen LogP contribution in [0.1, 0.15) is 13.8 Å². The van der Waals surface area contributed by atoms with Crippen molar-refractivity contribution in [3.05, 3.63) is 13.2 Å². The lowest BCUT2D eigenvalue weighted by Crippen LogP contribution is -2.14. The Morgan fingerprint density at radius 3 is 1.67 bits per heavy atom. The Labute approximate surface area is 89.7 Å². The molecule has 0 spiro atoms. The highest BCUT2D eigenvalue weighted by Crippen LogP contribution is 1.92. The highest BCUT2D eigenvalue weighted by Gasteiger charge is 2.06. The molecule has 86 valence electrons. The fourth-order valence-electron chi connectivity index (χ4n) is 0.659. The topological polar surface area (TPSA) is 61.8 Å². The molecule has 0 unspecified atom stereocenters. The van der Waals surface area contributed by atoms with Gasteiger partial charge in [0.1, 0.15) is 13.2 Å². The SMILES string of the molecule is CCOCC(=O)[CH]O[CH]C(=O)COCC. The summed E-state index contributed by atoms with van der Waals surface area (Å²) in [6.07, 6.45) is 0. The van der Waals surface area contributed by atoms with Crippen molar-refractivity contribution in [3.63, 3.8) is 0 Å². The fourth-order valence-corrected chi connectivity index (χ4v) is 0.659. The van der Waals surface area contributed by atoms with E-state index in [1.807, 2.05) is 0 Å². The molecule has 0 aliphatic carbocycles. The van der Waals surface area contributed by atoms with Gasteiger partial charge in [-0.15, -0.1) is 0 Å². The summed E-state index contributed by atoms with van der Waals surface area (Å²) in [5.41, 5.74) is 0. The molecule has 0 amide bonds. The maximum atomic E-state index is 10.9. The van der Waals surface area contributed by atoms with Crippen molar-refractivity contribution in [3.8, 4) is 0 Å². The molecule has 0 aliphatic heterocycles. The maximum Gasteiger partial charge on any atom is 0.190 e. The zero-order valence-corrected chi connectivity index (χ0v) is 9.02. The second-order valence-electron chi connectivity index (χ2n) is 2.58. The first-order valence-electron chi connectivity index (χ1n) is 4.73. The molecule has 0 bridgehead atoms. The van der Waals surface area contributed by atoms with E-state index in [4.69, 9.17) is 9.47 Å². The Balaban J connectivity index is 3.36. The Bertz CT molecular complexity index is 170. The molecule has 0 fully saturated rings. The first-order valence-corrected chi connectivity index (χ1v) is 4.73. The number of carbonyl (C=O) groups is 2. The first-order chi connectivity index (χ1) is 7.20. The van der Waals surface area contributed by atoms with Crippen LogP contribution in [0.3, 0.4) is 0 Å². The molecule has 0 saturated heterocycles. The van der Waals surface area contributed by atoms with Crippen molar-refractivity contribution in [2.24, 2.45) is 0 Å². The van der Waals surface area contributed by atoms with Crippen LogP contribution in [-0.2, 0) is 23.8 Å².